The average Bonchev–Trinajstić information content (AvgIpc) is 2.91. The highest BCUT2D eigenvalue weighted by atomic mass is 32.2. The molecule has 0 aliphatic carbocycles. The molecule has 0 amide bonds. The third kappa shape index (κ3) is 31.4. The van der Waals surface area contributed by atoms with Gasteiger partial charge in [0.25, 0.3) is 0 Å². The number of aliphatic hydroxyl groups is 1. The summed E-state index contributed by atoms with van der Waals surface area (Å²) in [6.07, 6.45) is 0.321. The molecule has 272 valence electrons. The summed E-state index contributed by atoms with van der Waals surface area (Å²) in [7, 11) is 0. The maximum atomic E-state index is 12.5. The van der Waals surface area contributed by atoms with Gasteiger partial charge in [-0.15, -0.1) is 0 Å². The second kappa shape index (κ2) is 36.1. The van der Waals surface area contributed by atoms with E-state index in [0.29, 0.717) is 18.6 Å². The zero-order valence-corrected chi connectivity index (χ0v) is 23.7. The van der Waals surface area contributed by atoms with Crippen LogP contribution in [-0.4, -0.2) is 95.5 Å². The molecule has 0 saturated heterocycles. The van der Waals surface area contributed by atoms with Crippen molar-refractivity contribution in [3.8, 4) is 0 Å². The van der Waals surface area contributed by atoms with Crippen LogP contribution in [0.4, 0.5) is 0 Å². The highest BCUT2D eigenvalue weighted by molar-refractivity contribution is 7.99. The Hall–Kier alpha value is -2.35. The molecule has 0 saturated carbocycles. The Balaban J connectivity index is -0.000000481. The Bertz CT molecular complexity index is 793. The summed E-state index contributed by atoms with van der Waals surface area (Å²) in [5, 5.41) is 18.2. The van der Waals surface area contributed by atoms with E-state index in [1.54, 1.807) is 13.8 Å². The predicted octanol–water partition coefficient (Wildman–Crippen LogP) is 5.29. The van der Waals surface area contributed by atoms with Gasteiger partial charge in [0.15, 0.2) is 5.78 Å². The molecule has 0 radical (unpaired) electrons. The maximum absolute atomic E-state index is 12.5. The topological polar surface area (TPSA) is 197 Å². The van der Waals surface area contributed by atoms with Crippen LogP contribution in [0.15, 0.2) is 0 Å². The third-order valence-electron chi connectivity index (χ3n) is 5.57. The minimum atomic E-state index is -1.04. The van der Waals surface area contributed by atoms with E-state index in [1.807, 2.05) is 0 Å². The van der Waals surface area contributed by atoms with Crippen molar-refractivity contribution >= 4 is 47.0 Å². The van der Waals surface area contributed by atoms with Crippen molar-refractivity contribution in [3.63, 3.8) is 0 Å². The summed E-state index contributed by atoms with van der Waals surface area (Å²) >= 11 is 1.31. The largest absolute Gasteiger partial charge is 0.481 e. The van der Waals surface area contributed by atoms with E-state index in [-0.39, 0.29) is 144 Å². The highest BCUT2D eigenvalue weighted by Crippen LogP contribution is 2.15. The number of ether oxygens (including phenoxy) is 3. The summed E-state index contributed by atoms with van der Waals surface area (Å²) in [5.74, 6) is -2.95. The summed E-state index contributed by atoms with van der Waals surface area (Å²) in [5.41, 5.74) is 5.99. The number of carbonyl (C=O) groups excluding carboxylic acids is 5. The number of rotatable bonds is 25. The first-order valence-corrected chi connectivity index (χ1v) is 14.3. The van der Waals surface area contributed by atoms with Crippen LogP contribution in [0.3, 0.4) is 0 Å². The Morgan fingerprint density at radius 3 is 1.89 bits per heavy atom. The lowest BCUT2D eigenvalue weighted by Gasteiger charge is -2.19. The highest BCUT2D eigenvalue weighted by Gasteiger charge is 2.24. The van der Waals surface area contributed by atoms with Gasteiger partial charge in [-0.3, -0.25) is 28.8 Å². The number of ketones is 3. The Morgan fingerprint density at radius 1 is 0.756 bits per heavy atom. The summed E-state index contributed by atoms with van der Waals surface area (Å²) in [6, 6.07) is -0.876. The van der Waals surface area contributed by atoms with Gasteiger partial charge in [-0.1, -0.05) is 58.4 Å². The predicted molar refractivity (Wildman–Crippen MR) is 183 cm³/mol. The summed E-state index contributed by atoms with van der Waals surface area (Å²) in [6.45, 7) is 3.30. The molecule has 0 aliphatic rings. The number of carboxylic acids is 1. The van der Waals surface area contributed by atoms with Crippen molar-refractivity contribution in [1.82, 2.24) is 0 Å². The van der Waals surface area contributed by atoms with Crippen molar-refractivity contribution in [2.45, 2.75) is 128 Å². The van der Waals surface area contributed by atoms with Gasteiger partial charge in [-0.25, -0.2) is 0 Å². The molecule has 3 unspecified atom stereocenters. The van der Waals surface area contributed by atoms with E-state index >= 15 is 0 Å². The molecule has 4 N–H and O–H groups in total. The molecule has 0 aromatic carbocycles. The lowest BCUT2D eigenvalue weighted by Crippen LogP contribution is -2.36. The lowest BCUT2D eigenvalue weighted by molar-refractivity contribution is -0.150. The molecule has 0 bridgehead atoms. The van der Waals surface area contributed by atoms with Crippen molar-refractivity contribution in [1.29, 1.82) is 0 Å². The van der Waals surface area contributed by atoms with Crippen LogP contribution < -0.4 is 5.73 Å². The first-order chi connectivity index (χ1) is 18.5. The summed E-state index contributed by atoms with van der Waals surface area (Å²) in [4.78, 5) is 69.9. The average molecular weight is 674 g/mol. The molecule has 0 aliphatic heterocycles. The lowest BCUT2D eigenvalue weighted by atomic mass is 9.93. The standard InChI is InChI=1S/C26H43NO11S.6CH4/c1-3-25(34)37-13-10-20(38-26(35)4-2)16-39-17-21(27)23(31)14-18(15-28)22(30)6-5-11-36-12-9-19(29)7-8-24(32)33;;;;;;/h18,20-21,28H,3-17,27H2,1-2H3,(H,32,33);6*1H4. The monoisotopic (exact) mass is 673 g/mol. The minimum absolute atomic E-state index is 0. The van der Waals surface area contributed by atoms with E-state index in [9.17, 15) is 33.9 Å². The number of esters is 2. The fourth-order valence-corrected chi connectivity index (χ4v) is 4.23. The molecule has 12 nitrogen and oxygen atoms in total. The Kier molecular flexibility index (Phi) is 46.7. The van der Waals surface area contributed by atoms with Crippen molar-refractivity contribution in [3.05, 3.63) is 0 Å². The summed E-state index contributed by atoms with van der Waals surface area (Å²) < 4.78 is 15.7. The van der Waals surface area contributed by atoms with Crippen LogP contribution in [0.1, 0.15) is 116 Å². The molecular weight excluding hydrogens is 606 g/mol. The van der Waals surface area contributed by atoms with E-state index in [1.165, 1.54) is 11.8 Å². The van der Waals surface area contributed by atoms with Crippen molar-refractivity contribution in [2.24, 2.45) is 11.7 Å². The fraction of sp³-hybridized carbons (Fsp3) is 0.812. The molecule has 0 spiro atoms. The van der Waals surface area contributed by atoms with Crippen LogP contribution in [0, 0.1) is 5.92 Å². The number of nitrogens with two attached hydrogens (primary N) is 1. The van der Waals surface area contributed by atoms with E-state index in [0.717, 1.165) is 0 Å². The molecule has 3 atom stereocenters. The normalized spacial score (nSPS) is 11.5. The second-order valence-corrected chi connectivity index (χ2v) is 9.96. The van der Waals surface area contributed by atoms with Crippen molar-refractivity contribution in [2.75, 3.05) is 37.9 Å². The van der Waals surface area contributed by atoms with E-state index in [2.05, 4.69) is 0 Å². The van der Waals surface area contributed by atoms with Gasteiger partial charge in [0.1, 0.15) is 17.7 Å². The minimum Gasteiger partial charge on any atom is -0.481 e. The first-order valence-electron chi connectivity index (χ1n) is 13.2. The van der Waals surface area contributed by atoms with Gasteiger partial charge in [-0.05, 0) is 6.42 Å². The molecule has 13 heteroatoms. The quantitative estimate of drug-likeness (QED) is 0.0836. The number of hydrogen-bond acceptors (Lipinski definition) is 12. The van der Waals surface area contributed by atoms with Crippen LogP contribution in [-0.2, 0) is 43.0 Å². The number of carbonyl (C=O) groups is 6. The van der Waals surface area contributed by atoms with Gasteiger partial charge in [0, 0.05) is 69.0 Å². The Labute approximate surface area is 277 Å². The molecule has 0 fully saturated rings. The van der Waals surface area contributed by atoms with Gasteiger partial charge in [0.2, 0.25) is 0 Å². The van der Waals surface area contributed by atoms with Gasteiger partial charge in [0.05, 0.1) is 32.3 Å². The number of Topliss-reactive ketones (excluding diaryl/α,β-unsaturated/α-hetero) is 3. The zero-order chi connectivity index (χ0) is 29.6. The van der Waals surface area contributed by atoms with Gasteiger partial charge < -0.3 is 30.2 Å². The van der Waals surface area contributed by atoms with E-state index in [4.69, 9.17) is 25.1 Å². The first kappa shape index (κ1) is 58.2. The molecule has 0 rings (SSSR count). The number of thioether (sulfide) groups is 1. The maximum Gasteiger partial charge on any atom is 0.305 e. The zero-order valence-electron chi connectivity index (χ0n) is 22.9. The second-order valence-electron chi connectivity index (χ2n) is 8.89. The smallest absolute Gasteiger partial charge is 0.305 e. The number of aliphatic hydroxyl groups excluding tert-OH is 1. The van der Waals surface area contributed by atoms with Crippen LogP contribution >= 0.6 is 11.8 Å². The van der Waals surface area contributed by atoms with Crippen LogP contribution in [0.25, 0.3) is 0 Å². The Morgan fingerprint density at radius 2 is 1.36 bits per heavy atom. The van der Waals surface area contributed by atoms with Gasteiger partial charge in [-0.2, -0.15) is 11.8 Å². The third-order valence-corrected chi connectivity index (χ3v) is 6.77. The molecule has 45 heavy (non-hydrogen) atoms. The SMILES string of the molecule is C.C.C.C.C.C.CCC(=O)OCCC(CSCC(N)C(=O)CC(CO)C(=O)CCCOCCC(=O)CCC(=O)O)OC(=O)CC. The molecule has 0 heterocycles. The van der Waals surface area contributed by atoms with E-state index < -0.39 is 30.6 Å². The number of aliphatic carboxylic acids is 1. The fourth-order valence-electron chi connectivity index (χ4n) is 3.16. The molecular formula is C32H67NO11S. The van der Waals surface area contributed by atoms with Crippen molar-refractivity contribution < 1.29 is 53.2 Å². The number of hydrogen-bond donors (Lipinski definition) is 3. The number of carboxylic acid groups (broad SMARTS) is 1. The molecule has 0 aromatic heterocycles. The van der Waals surface area contributed by atoms with Crippen LogP contribution in [0.5, 0.6) is 0 Å². The molecule has 0 aromatic rings. The van der Waals surface area contributed by atoms with Gasteiger partial charge >= 0.3 is 17.9 Å². The van der Waals surface area contributed by atoms with Crippen LogP contribution in [0.2, 0.25) is 0 Å².